The van der Waals surface area contributed by atoms with Crippen molar-refractivity contribution in [3.8, 4) is 5.75 Å². The molecule has 0 spiro atoms. The van der Waals surface area contributed by atoms with Crippen LogP contribution in [0.2, 0.25) is 3.43 Å². The van der Waals surface area contributed by atoms with Crippen LogP contribution in [0.25, 0.3) is 0 Å². The summed E-state index contributed by atoms with van der Waals surface area (Å²) in [7, 11) is 3.43. The topological polar surface area (TPSA) is 38.7 Å². The Balaban J connectivity index is 2.70. The summed E-state index contributed by atoms with van der Waals surface area (Å²) in [5, 5.41) is 8.87. The zero-order chi connectivity index (χ0) is 12.7. The first-order valence-electron chi connectivity index (χ1n) is 5.83. The summed E-state index contributed by atoms with van der Waals surface area (Å²) >= 11 is 0.629. The molecule has 0 aliphatic rings. The number of methoxy groups -OCH3 is 2. The third-order valence-electron chi connectivity index (χ3n) is 2.86. The van der Waals surface area contributed by atoms with Crippen molar-refractivity contribution in [1.82, 2.24) is 0 Å². The van der Waals surface area contributed by atoms with Crippen LogP contribution in [0.5, 0.6) is 5.75 Å². The Hall–Kier alpha value is -0.125. The normalized spacial score (nSPS) is 14.4. The van der Waals surface area contributed by atoms with Crippen LogP contribution in [-0.2, 0) is 30.9 Å². The van der Waals surface area contributed by atoms with Crippen molar-refractivity contribution in [3.63, 3.8) is 0 Å². The van der Waals surface area contributed by atoms with E-state index >= 15 is 0 Å². The van der Waals surface area contributed by atoms with E-state index in [-0.39, 0.29) is 12.7 Å². The van der Waals surface area contributed by atoms with Crippen LogP contribution < -0.4 is 4.74 Å². The molecular formula is C13H19HgO3. The molecule has 91 valence electrons. The van der Waals surface area contributed by atoms with Crippen molar-refractivity contribution < 1.29 is 40.7 Å². The van der Waals surface area contributed by atoms with Gasteiger partial charge in [0.15, 0.2) is 0 Å². The van der Waals surface area contributed by atoms with Crippen molar-refractivity contribution in [1.29, 1.82) is 0 Å². The first kappa shape index (κ1) is 14.9. The van der Waals surface area contributed by atoms with Gasteiger partial charge in [0, 0.05) is 0 Å². The number of aliphatic hydroxyl groups is 1. The molecule has 0 fully saturated rings. The van der Waals surface area contributed by atoms with Gasteiger partial charge in [0.25, 0.3) is 0 Å². The van der Waals surface area contributed by atoms with Crippen molar-refractivity contribution in [3.05, 3.63) is 29.8 Å². The summed E-state index contributed by atoms with van der Waals surface area (Å²) in [5.74, 6) is 0.869. The van der Waals surface area contributed by atoms with E-state index in [2.05, 4.69) is 12.1 Å². The summed E-state index contributed by atoms with van der Waals surface area (Å²) in [5.41, 5.74) is 1.20. The van der Waals surface area contributed by atoms with Gasteiger partial charge in [-0.25, -0.2) is 0 Å². The molecule has 0 bridgehead atoms. The molecule has 3 nitrogen and oxygen atoms in total. The molecule has 1 aromatic carbocycles. The molecule has 1 N–H and O–H groups in total. The Kier molecular flexibility index (Phi) is 7.08. The van der Waals surface area contributed by atoms with Crippen LogP contribution in [-0.4, -0.2) is 25.9 Å². The van der Waals surface area contributed by atoms with Crippen LogP contribution >= 0.6 is 0 Å². The summed E-state index contributed by atoms with van der Waals surface area (Å²) in [6, 6.07) is 8.05. The molecule has 0 aliphatic heterocycles. The predicted octanol–water partition coefficient (Wildman–Crippen LogP) is 2.49. The Labute approximate surface area is 119 Å². The van der Waals surface area contributed by atoms with Gasteiger partial charge in [-0.05, 0) is 0 Å². The number of hydrogen-bond donors (Lipinski definition) is 1. The molecule has 0 saturated carbocycles. The first-order chi connectivity index (χ1) is 8.22. The second-order valence-corrected chi connectivity index (χ2v) is 8.13. The fraction of sp³-hybridized carbons (Fsp3) is 0.538. The van der Waals surface area contributed by atoms with E-state index in [1.807, 2.05) is 12.1 Å². The van der Waals surface area contributed by atoms with Crippen LogP contribution in [0.1, 0.15) is 24.5 Å². The van der Waals surface area contributed by atoms with Crippen molar-refractivity contribution in [2.75, 3.05) is 20.8 Å². The second-order valence-electron chi connectivity index (χ2n) is 4.06. The van der Waals surface area contributed by atoms with Crippen molar-refractivity contribution in [2.45, 2.75) is 22.4 Å². The Morgan fingerprint density at radius 1 is 1.24 bits per heavy atom. The number of ether oxygens (including phenoxy) is 2. The van der Waals surface area contributed by atoms with Crippen LogP contribution in [0, 0.1) is 0 Å². The second kappa shape index (κ2) is 8.06. The van der Waals surface area contributed by atoms with E-state index in [0.717, 1.165) is 18.6 Å². The number of aliphatic hydroxyl groups excluding tert-OH is 1. The van der Waals surface area contributed by atoms with Gasteiger partial charge in [-0.15, -0.1) is 0 Å². The van der Waals surface area contributed by atoms with Crippen LogP contribution in [0.4, 0.5) is 0 Å². The summed E-state index contributed by atoms with van der Waals surface area (Å²) in [6.07, 6.45) is 2.07. The number of hydrogen-bond acceptors (Lipinski definition) is 3. The van der Waals surface area contributed by atoms with E-state index in [0.29, 0.717) is 29.5 Å². The van der Waals surface area contributed by atoms with E-state index in [1.54, 1.807) is 14.2 Å². The summed E-state index contributed by atoms with van der Waals surface area (Å²) in [4.78, 5) is 0. The molecule has 4 heteroatoms. The molecule has 0 heterocycles. The van der Waals surface area contributed by atoms with Gasteiger partial charge in [0.05, 0.1) is 0 Å². The van der Waals surface area contributed by atoms with Gasteiger partial charge in [0.1, 0.15) is 0 Å². The molecule has 0 amide bonds. The van der Waals surface area contributed by atoms with Crippen LogP contribution in [0.15, 0.2) is 24.3 Å². The zero-order valence-corrected chi connectivity index (χ0v) is 16.1. The van der Waals surface area contributed by atoms with Gasteiger partial charge < -0.3 is 0 Å². The minimum atomic E-state index is 0.163. The molecular weight excluding hydrogens is 405 g/mol. The fourth-order valence-electron chi connectivity index (χ4n) is 1.90. The standard InChI is InChI=1S/C13H19O3.Hg/c1-15-12-8-6-11(7-9-12)13(16-2)5-3-4-10-14;/h5-9,13-14H,3-4,10H2,1-2H3;. The SMILES string of the molecule is COc1ccc(C(OC)[CH]([Hg])CCCO)cc1. The van der Waals surface area contributed by atoms with Gasteiger partial charge in [-0.2, -0.15) is 0 Å². The summed E-state index contributed by atoms with van der Waals surface area (Å²) < 4.78 is 11.3. The maximum absolute atomic E-state index is 8.87. The summed E-state index contributed by atoms with van der Waals surface area (Å²) in [6.45, 7) is 0.271. The van der Waals surface area contributed by atoms with E-state index in [4.69, 9.17) is 14.6 Å². The van der Waals surface area contributed by atoms with Gasteiger partial charge in [-0.3, -0.25) is 0 Å². The monoisotopic (exact) mass is 425 g/mol. The molecule has 0 aromatic heterocycles. The maximum atomic E-state index is 8.87. The van der Waals surface area contributed by atoms with Crippen molar-refractivity contribution in [2.24, 2.45) is 0 Å². The molecule has 0 aliphatic carbocycles. The molecule has 0 radical (unpaired) electrons. The predicted molar refractivity (Wildman–Crippen MR) is 62.8 cm³/mol. The Morgan fingerprint density at radius 3 is 2.35 bits per heavy atom. The average molecular weight is 424 g/mol. The quantitative estimate of drug-likeness (QED) is 0.685. The fourth-order valence-corrected chi connectivity index (χ4v) is 4.83. The third kappa shape index (κ3) is 4.56. The Morgan fingerprint density at radius 2 is 1.88 bits per heavy atom. The van der Waals surface area contributed by atoms with E-state index in [9.17, 15) is 0 Å². The Bertz CT molecular complexity index is 313. The molecule has 2 unspecified atom stereocenters. The number of rotatable bonds is 7. The zero-order valence-electron chi connectivity index (χ0n) is 10.6. The minimum absolute atomic E-state index is 0.163. The van der Waals surface area contributed by atoms with Gasteiger partial charge >= 0.3 is 119 Å². The average Bonchev–Trinajstić information content (AvgIpc) is 2.38. The molecule has 17 heavy (non-hydrogen) atoms. The third-order valence-corrected chi connectivity index (χ3v) is 6.11. The van der Waals surface area contributed by atoms with E-state index in [1.165, 1.54) is 5.56 Å². The molecule has 1 rings (SSSR count). The first-order valence-corrected chi connectivity index (χ1v) is 9.01. The number of benzene rings is 1. The van der Waals surface area contributed by atoms with Crippen LogP contribution in [0.3, 0.4) is 0 Å². The van der Waals surface area contributed by atoms with Gasteiger partial charge in [0.2, 0.25) is 0 Å². The van der Waals surface area contributed by atoms with Gasteiger partial charge in [-0.1, -0.05) is 0 Å². The molecule has 0 saturated heterocycles. The van der Waals surface area contributed by atoms with Crippen molar-refractivity contribution >= 4 is 0 Å². The molecule has 1 aromatic rings. The molecule has 2 atom stereocenters. The van der Waals surface area contributed by atoms with E-state index < -0.39 is 0 Å².